The van der Waals surface area contributed by atoms with E-state index in [9.17, 15) is 26.4 Å². The maximum Gasteiger partial charge on any atom is 0.416 e. The van der Waals surface area contributed by atoms with E-state index in [0.717, 1.165) is 25.0 Å². The number of rotatable bonds is 8. The molecule has 1 saturated heterocycles. The summed E-state index contributed by atoms with van der Waals surface area (Å²) in [5.41, 5.74) is -1.45. The predicted octanol–water partition coefficient (Wildman–Crippen LogP) is 4.79. The molecule has 0 saturated carbocycles. The Morgan fingerprint density at radius 2 is 1.89 bits per heavy atom. The smallest absolute Gasteiger partial charge is 0.341 e. The fourth-order valence-electron chi connectivity index (χ4n) is 3.98. The standard InChI is InChI=1S/C24H29ClF3N3O3S/c1-17(2)29-14-18-7-6-12-30(15-18)23(32)16-31(35(33,34)20-8-4-3-5-9-20)22-13-19(24(26,27)28)10-11-21(22)25/h3-5,8-11,13,17-18,29H,6-7,12,14-16H2,1-2H3. The number of halogens is 4. The van der Waals surface area contributed by atoms with Crippen LogP contribution in [0, 0.1) is 5.92 Å². The molecule has 192 valence electrons. The lowest BCUT2D eigenvalue weighted by atomic mass is 9.97. The van der Waals surface area contributed by atoms with Crippen molar-refractivity contribution in [3.8, 4) is 0 Å². The van der Waals surface area contributed by atoms with Crippen LogP contribution in [0.5, 0.6) is 0 Å². The molecule has 3 rings (SSSR count). The van der Waals surface area contributed by atoms with Crippen molar-refractivity contribution in [1.29, 1.82) is 0 Å². The van der Waals surface area contributed by atoms with Gasteiger partial charge in [-0.25, -0.2) is 8.42 Å². The van der Waals surface area contributed by atoms with Crippen molar-refractivity contribution in [2.75, 3.05) is 30.5 Å². The number of carbonyl (C=O) groups is 1. The molecule has 0 bridgehead atoms. The minimum absolute atomic E-state index is 0.154. The molecule has 1 fully saturated rings. The van der Waals surface area contributed by atoms with Crippen LogP contribution in [0.1, 0.15) is 32.3 Å². The summed E-state index contributed by atoms with van der Waals surface area (Å²) in [6, 6.07) is 9.98. The molecule has 6 nitrogen and oxygen atoms in total. The molecule has 1 amide bonds. The summed E-state index contributed by atoms with van der Waals surface area (Å²) in [5.74, 6) is -0.293. The van der Waals surface area contributed by atoms with E-state index in [0.29, 0.717) is 30.0 Å². The number of nitrogens with one attached hydrogen (secondary N) is 1. The van der Waals surface area contributed by atoms with Crippen LogP contribution in [0.15, 0.2) is 53.4 Å². The Kier molecular flexibility index (Phi) is 8.72. The minimum atomic E-state index is -4.71. The van der Waals surface area contributed by atoms with E-state index in [1.807, 2.05) is 13.8 Å². The molecule has 0 aliphatic carbocycles. The maximum atomic E-state index is 13.5. The van der Waals surface area contributed by atoms with Crippen molar-refractivity contribution in [2.24, 2.45) is 5.92 Å². The third-order valence-corrected chi connectivity index (χ3v) is 7.93. The molecule has 0 spiro atoms. The fraction of sp³-hybridized carbons (Fsp3) is 0.458. The van der Waals surface area contributed by atoms with Crippen LogP contribution >= 0.6 is 11.6 Å². The molecule has 2 aromatic rings. The second kappa shape index (κ2) is 11.2. The molecule has 35 heavy (non-hydrogen) atoms. The SMILES string of the molecule is CC(C)NCC1CCCN(C(=O)CN(c2cc(C(F)(F)F)ccc2Cl)S(=O)(=O)c2ccccc2)C1. The van der Waals surface area contributed by atoms with Gasteiger partial charge in [-0.2, -0.15) is 13.2 Å². The monoisotopic (exact) mass is 531 g/mol. The Balaban J connectivity index is 1.95. The number of anilines is 1. The lowest BCUT2D eigenvalue weighted by Crippen LogP contribution is -2.48. The van der Waals surface area contributed by atoms with E-state index in [2.05, 4.69) is 5.32 Å². The average Bonchev–Trinajstić information content (AvgIpc) is 2.81. The number of alkyl halides is 3. The van der Waals surface area contributed by atoms with Gasteiger partial charge in [-0.15, -0.1) is 0 Å². The first-order valence-corrected chi connectivity index (χ1v) is 13.2. The van der Waals surface area contributed by atoms with Crippen molar-refractivity contribution in [3.63, 3.8) is 0 Å². The van der Waals surface area contributed by atoms with Gasteiger partial charge in [0.2, 0.25) is 5.91 Å². The molecule has 1 atom stereocenters. The van der Waals surface area contributed by atoms with Crippen LogP contribution in [0.25, 0.3) is 0 Å². The molecule has 1 unspecified atom stereocenters. The summed E-state index contributed by atoms with van der Waals surface area (Å²) < 4.78 is 67.9. The number of likely N-dealkylation sites (tertiary alicyclic amines) is 1. The van der Waals surface area contributed by atoms with E-state index in [4.69, 9.17) is 11.6 Å². The largest absolute Gasteiger partial charge is 0.416 e. The Hall–Kier alpha value is -2.30. The highest BCUT2D eigenvalue weighted by atomic mass is 35.5. The molecule has 1 N–H and O–H groups in total. The first-order valence-electron chi connectivity index (χ1n) is 11.3. The van der Waals surface area contributed by atoms with Gasteiger partial charge < -0.3 is 10.2 Å². The van der Waals surface area contributed by atoms with Gasteiger partial charge >= 0.3 is 6.18 Å². The zero-order valence-corrected chi connectivity index (χ0v) is 21.1. The zero-order valence-electron chi connectivity index (χ0n) is 19.6. The first-order chi connectivity index (χ1) is 16.4. The van der Waals surface area contributed by atoms with E-state index in [1.54, 1.807) is 11.0 Å². The lowest BCUT2D eigenvalue weighted by Gasteiger charge is -2.35. The van der Waals surface area contributed by atoms with Crippen molar-refractivity contribution in [1.82, 2.24) is 10.2 Å². The van der Waals surface area contributed by atoms with Crippen molar-refractivity contribution < 1.29 is 26.4 Å². The fourth-order valence-corrected chi connectivity index (χ4v) is 5.70. The van der Waals surface area contributed by atoms with E-state index >= 15 is 0 Å². The molecule has 11 heteroatoms. The highest BCUT2D eigenvalue weighted by molar-refractivity contribution is 7.92. The third-order valence-electron chi connectivity index (χ3n) is 5.84. The Bertz CT molecular complexity index is 1130. The topological polar surface area (TPSA) is 69.7 Å². The average molecular weight is 532 g/mol. The molecule has 0 aromatic heterocycles. The summed E-state index contributed by atoms with van der Waals surface area (Å²) >= 11 is 6.19. The molecular formula is C24H29ClF3N3O3S. The van der Waals surface area contributed by atoms with Crippen LogP contribution in [-0.4, -0.2) is 51.4 Å². The van der Waals surface area contributed by atoms with Gasteiger partial charge in [0, 0.05) is 19.1 Å². The Morgan fingerprint density at radius 3 is 2.51 bits per heavy atom. The molecule has 1 aliphatic rings. The molecular weight excluding hydrogens is 503 g/mol. The molecule has 0 radical (unpaired) electrons. The second-order valence-corrected chi connectivity index (χ2v) is 11.2. The maximum absolute atomic E-state index is 13.5. The van der Waals surface area contributed by atoms with Crippen molar-refractivity contribution >= 4 is 33.2 Å². The summed E-state index contributed by atoms with van der Waals surface area (Å²) in [7, 11) is -4.39. The lowest BCUT2D eigenvalue weighted by molar-refractivity contribution is -0.137. The van der Waals surface area contributed by atoms with Gasteiger partial charge in [0.15, 0.2) is 0 Å². The number of nitrogens with zero attached hydrogens (tertiary/aromatic N) is 2. The van der Waals surface area contributed by atoms with E-state index in [-0.39, 0.29) is 21.9 Å². The zero-order chi connectivity index (χ0) is 25.8. The van der Waals surface area contributed by atoms with Gasteiger partial charge in [0.05, 0.1) is 21.2 Å². The number of benzene rings is 2. The van der Waals surface area contributed by atoms with E-state index in [1.165, 1.54) is 24.3 Å². The molecule has 1 aliphatic heterocycles. The van der Waals surface area contributed by atoms with Crippen molar-refractivity contribution in [3.05, 3.63) is 59.1 Å². The number of carbonyl (C=O) groups excluding carboxylic acids is 1. The van der Waals surface area contributed by atoms with Gasteiger partial charge in [-0.1, -0.05) is 43.6 Å². The minimum Gasteiger partial charge on any atom is -0.341 e. The van der Waals surface area contributed by atoms with Crippen LogP contribution in [0.2, 0.25) is 5.02 Å². The first kappa shape index (κ1) is 27.3. The number of sulfonamides is 1. The predicted molar refractivity (Wildman–Crippen MR) is 130 cm³/mol. The summed E-state index contributed by atoms with van der Waals surface area (Å²) in [6.07, 6.45) is -3.03. The Labute approximate surface area is 209 Å². The number of piperidine rings is 1. The number of hydrogen-bond acceptors (Lipinski definition) is 4. The van der Waals surface area contributed by atoms with Gasteiger partial charge in [-0.3, -0.25) is 9.10 Å². The summed E-state index contributed by atoms with van der Waals surface area (Å²) in [6.45, 7) is 4.99. The highest BCUT2D eigenvalue weighted by Crippen LogP contribution is 2.37. The second-order valence-electron chi connectivity index (χ2n) is 8.90. The van der Waals surface area contributed by atoms with Crippen LogP contribution in [0.4, 0.5) is 18.9 Å². The summed E-state index contributed by atoms with van der Waals surface area (Å²) in [4.78, 5) is 14.7. The van der Waals surface area contributed by atoms with Gasteiger partial charge in [-0.05, 0) is 55.6 Å². The van der Waals surface area contributed by atoms with Gasteiger partial charge in [0.25, 0.3) is 10.0 Å². The number of amides is 1. The summed E-state index contributed by atoms with van der Waals surface area (Å²) in [5, 5.41) is 3.14. The molecule has 2 aromatic carbocycles. The van der Waals surface area contributed by atoms with Crippen LogP contribution < -0.4 is 9.62 Å². The van der Waals surface area contributed by atoms with Crippen molar-refractivity contribution in [2.45, 2.75) is 43.8 Å². The van der Waals surface area contributed by atoms with Gasteiger partial charge in [0.1, 0.15) is 6.54 Å². The Morgan fingerprint density at radius 1 is 1.20 bits per heavy atom. The van der Waals surface area contributed by atoms with E-state index < -0.39 is 39.9 Å². The van der Waals surface area contributed by atoms with Crippen LogP contribution in [-0.2, 0) is 21.0 Å². The van der Waals surface area contributed by atoms with Crippen LogP contribution in [0.3, 0.4) is 0 Å². The normalized spacial score (nSPS) is 17.0. The highest BCUT2D eigenvalue weighted by Gasteiger charge is 2.35. The number of hydrogen-bond donors (Lipinski definition) is 1. The molecule has 1 heterocycles. The third kappa shape index (κ3) is 6.89. The quantitative estimate of drug-likeness (QED) is 0.532.